The van der Waals surface area contributed by atoms with Gasteiger partial charge in [-0.3, -0.25) is 14.9 Å². The number of hydrogen-bond donors (Lipinski definition) is 2. The molecule has 0 aromatic heterocycles. The Kier molecular flexibility index (Phi) is 4.99. The lowest BCUT2D eigenvalue weighted by atomic mass is 10.1. The Morgan fingerprint density at radius 1 is 1.13 bits per heavy atom. The van der Waals surface area contributed by atoms with Crippen molar-refractivity contribution in [2.24, 2.45) is 0 Å². The van der Waals surface area contributed by atoms with Gasteiger partial charge in [0.25, 0.3) is 11.6 Å². The fourth-order valence-corrected chi connectivity index (χ4v) is 2.48. The largest absolute Gasteiger partial charge is 0.506 e. The maximum Gasteiger partial charge on any atom is 0.291 e. The lowest BCUT2D eigenvalue weighted by Crippen LogP contribution is -2.12. The van der Waals surface area contributed by atoms with Gasteiger partial charge in [0.2, 0.25) is 0 Å². The Hall–Kier alpha value is -2.02. The van der Waals surface area contributed by atoms with Crippen LogP contribution in [0.2, 0.25) is 15.1 Å². The van der Waals surface area contributed by atoms with Crippen LogP contribution < -0.4 is 5.32 Å². The van der Waals surface area contributed by atoms with E-state index in [1.807, 2.05) is 0 Å². The molecule has 0 unspecified atom stereocenters. The van der Waals surface area contributed by atoms with Gasteiger partial charge in [-0.2, -0.15) is 0 Å². The molecule has 0 radical (unpaired) electrons. The van der Waals surface area contributed by atoms with Gasteiger partial charge in [0.1, 0.15) is 10.8 Å². The Morgan fingerprint density at radius 2 is 1.70 bits per heavy atom. The lowest BCUT2D eigenvalue weighted by Gasteiger charge is -2.10. The predicted octanol–water partition coefficient (Wildman–Crippen LogP) is 4.82. The number of carbonyl (C=O) groups excluding carboxylic acids is 1. The third-order valence-corrected chi connectivity index (χ3v) is 4.14. The molecule has 0 aliphatic carbocycles. The molecule has 0 aliphatic heterocycles. The molecule has 2 aromatic carbocycles. The highest BCUT2D eigenvalue weighted by Crippen LogP contribution is 2.35. The average Bonchev–Trinajstić information content (AvgIpc) is 2.47. The minimum atomic E-state index is -0.743. The highest BCUT2D eigenvalue weighted by atomic mass is 35.5. The monoisotopic (exact) mass is 374 g/mol. The number of anilines is 1. The van der Waals surface area contributed by atoms with Gasteiger partial charge in [-0.05, 0) is 30.7 Å². The van der Waals surface area contributed by atoms with Crippen LogP contribution in [0, 0.1) is 17.0 Å². The van der Waals surface area contributed by atoms with Crippen LogP contribution in [0.5, 0.6) is 5.75 Å². The topological polar surface area (TPSA) is 92.5 Å². The van der Waals surface area contributed by atoms with Crippen molar-refractivity contribution in [2.75, 3.05) is 5.32 Å². The van der Waals surface area contributed by atoms with Crippen molar-refractivity contribution in [1.29, 1.82) is 0 Å². The van der Waals surface area contributed by atoms with E-state index in [1.54, 1.807) is 6.92 Å². The van der Waals surface area contributed by atoms with Gasteiger partial charge in [-0.15, -0.1) is 0 Å². The molecule has 23 heavy (non-hydrogen) atoms. The number of carbonyl (C=O) groups is 1. The summed E-state index contributed by atoms with van der Waals surface area (Å²) in [5, 5.41) is 23.3. The number of aromatic hydroxyl groups is 1. The van der Waals surface area contributed by atoms with Crippen LogP contribution in [0.4, 0.5) is 11.4 Å². The normalized spacial score (nSPS) is 10.4. The molecular weight excluding hydrogens is 367 g/mol. The number of nitro groups is 1. The third kappa shape index (κ3) is 3.67. The number of benzene rings is 2. The fraction of sp³-hybridized carbons (Fsp3) is 0.0714. The molecule has 2 rings (SSSR count). The minimum absolute atomic E-state index is 0.0709. The number of halogens is 3. The highest BCUT2D eigenvalue weighted by molar-refractivity contribution is 6.36. The summed E-state index contributed by atoms with van der Waals surface area (Å²) >= 11 is 17.7. The highest BCUT2D eigenvalue weighted by Gasteiger charge is 2.19. The second-order valence-corrected chi connectivity index (χ2v) is 5.82. The summed E-state index contributed by atoms with van der Waals surface area (Å²) < 4.78 is 0. The van der Waals surface area contributed by atoms with Crippen molar-refractivity contribution in [3.63, 3.8) is 0 Å². The van der Waals surface area contributed by atoms with E-state index in [2.05, 4.69) is 5.32 Å². The SMILES string of the molecule is Cc1c(Cl)cc(C(=O)Nc2cc(Cl)c([N+](=O)[O-])cc2O)cc1Cl. The second kappa shape index (κ2) is 6.62. The van der Waals surface area contributed by atoms with Gasteiger partial charge in [-0.25, -0.2) is 0 Å². The maximum absolute atomic E-state index is 12.2. The van der Waals surface area contributed by atoms with E-state index in [0.717, 1.165) is 12.1 Å². The van der Waals surface area contributed by atoms with Crippen LogP contribution in [0.3, 0.4) is 0 Å². The van der Waals surface area contributed by atoms with Crippen LogP contribution >= 0.6 is 34.8 Å². The fourth-order valence-electron chi connectivity index (χ4n) is 1.76. The molecule has 2 N–H and O–H groups in total. The van der Waals surface area contributed by atoms with E-state index in [9.17, 15) is 20.0 Å². The zero-order valence-electron chi connectivity index (χ0n) is 11.6. The molecule has 0 saturated carbocycles. The summed E-state index contributed by atoms with van der Waals surface area (Å²) in [4.78, 5) is 22.2. The quantitative estimate of drug-likeness (QED) is 0.457. The number of nitro benzene ring substituents is 1. The van der Waals surface area contributed by atoms with Crippen LogP contribution in [0.15, 0.2) is 24.3 Å². The first-order chi connectivity index (χ1) is 10.7. The molecule has 0 atom stereocenters. The zero-order valence-corrected chi connectivity index (χ0v) is 13.8. The van der Waals surface area contributed by atoms with Crippen LogP contribution in [-0.2, 0) is 0 Å². The maximum atomic E-state index is 12.2. The van der Waals surface area contributed by atoms with Gasteiger partial charge in [0.15, 0.2) is 0 Å². The average molecular weight is 376 g/mol. The summed E-state index contributed by atoms with van der Waals surface area (Å²) in [5.41, 5.74) is 0.257. The smallest absolute Gasteiger partial charge is 0.291 e. The third-order valence-electron chi connectivity index (χ3n) is 3.05. The second-order valence-electron chi connectivity index (χ2n) is 4.60. The summed E-state index contributed by atoms with van der Waals surface area (Å²) in [6.45, 7) is 1.70. The number of phenols is 1. The molecule has 1 amide bonds. The van der Waals surface area contributed by atoms with E-state index in [4.69, 9.17) is 34.8 Å². The molecule has 2 aromatic rings. The number of nitrogens with one attached hydrogen (secondary N) is 1. The zero-order chi connectivity index (χ0) is 17.3. The summed E-state index contributed by atoms with van der Waals surface area (Å²) in [6.07, 6.45) is 0. The van der Waals surface area contributed by atoms with E-state index in [0.29, 0.717) is 15.6 Å². The van der Waals surface area contributed by atoms with Crippen molar-refractivity contribution < 1.29 is 14.8 Å². The number of nitrogens with zero attached hydrogens (tertiary/aromatic N) is 1. The van der Waals surface area contributed by atoms with Crippen molar-refractivity contribution >= 4 is 52.1 Å². The summed E-state index contributed by atoms with van der Waals surface area (Å²) in [7, 11) is 0. The van der Waals surface area contributed by atoms with Gasteiger partial charge >= 0.3 is 0 Å². The molecule has 0 spiro atoms. The predicted molar refractivity (Wildman–Crippen MR) is 88.9 cm³/mol. The molecule has 6 nitrogen and oxygen atoms in total. The van der Waals surface area contributed by atoms with Crippen LogP contribution in [-0.4, -0.2) is 15.9 Å². The van der Waals surface area contributed by atoms with E-state index >= 15 is 0 Å². The number of rotatable bonds is 3. The molecule has 120 valence electrons. The Labute approximate surface area is 145 Å². The molecule has 0 bridgehead atoms. The number of phenolic OH excluding ortho intramolecular Hbond substituents is 1. The first kappa shape index (κ1) is 17.3. The van der Waals surface area contributed by atoms with E-state index in [-0.39, 0.29) is 16.3 Å². The van der Waals surface area contributed by atoms with Gasteiger partial charge < -0.3 is 10.4 Å². The van der Waals surface area contributed by atoms with E-state index in [1.165, 1.54) is 12.1 Å². The first-order valence-corrected chi connectivity index (χ1v) is 7.28. The molecular formula is C14H9Cl3N2O4. The Morgan fingerprint density at radius 3 is 2.22 bits per heavy atom. The van der Waals surface area contributed by atoms with E-state index < -0.39 is 22.3 Å². The standard InChI is InChI=1S/C14H9Cl3N2O4/c1-6-8(15)2-7(3-9(6)16)14(21)18-11-4-10(17)12(19(22)23)5-13(11)20/h2-5,20H,1H3,(H,18,21). The van der Waals surface area contributed by atoms with Crippen LogP contribution in [0.1, 0.15) is 15.9 Å². The molecule has 0 aliphatic rings. The van der Waals surface area contributed by atoms with Gasteiger partial charge in [0, 0.05) is 15.6 Å². The first-order valence-electron chi connectivity index (χ1n) is 6.14. The van der Waals surface area contributed by atoms with Crippen LogP contribution in [0.25, 0.3) is 0 Å². The minimum Gasteiger partial charge on any atom is -0.506 e. The molecule has 0 saturated heterocycles. The molecule has 9 heteroatoms. The molecule has 0 heterocycles. The van der Waals surface area contributed by atoms with Gasteiger partial charge in [0.05, 0.1) is 16.7 Å². The summed E-state index contributed by atoms with van der Waals surface area (Å²) in [5.74, 6) is -1.09. The summed E-state index contributed by atoms with van der Waals surface area (Å²) in [6, 6.07) is 4.78. The van der Waals surface area contributed by atoms with Gasteiger partial charge in [-0.1, -0.05) is 34.8 Å². The van der Waals surface area contributed by atoms with Crippen molar-refractivity contribution in [3.05, 3.63) is 60.6 Å². The Bertz CT molecular complexity index is 801. The Balaban J connectivity index is 2.34. The molecule has 0 fully saturated rings. The van der Waals surface area contributed by atoms with Crippen molar-refractivity contribution in [2.45, 2.75) is 6.92 Å². The van der Waals surface area contributed by atoms with Crippen molar-refractivity contribution in [1.82, 2.24) is 0 Å². The lowest BCUT2D eigenvalue weighted by molar-refractivity contribution is -0.384. The van der Waals surface area contributed by atoms with Crippen molar-refractivity contribution in [3.8, 4) is 5.75 Å². The number of hydrogen-bond acceptors (Lipinski definition) is 4. The number of amides is 1.